The number of aromatic nitrogens is 6. The van der Waals surface area contributed by atoms with E-state index in [-0.39, 0.29) is 261 Å². The first kappa shape index (κ1) is 81.5. The first-order chi connectivity index (χ1) is 36.6. The average molecular weight is 1300 g/mol. The van der Waals surface area contributed by atoms with Crippen LogP contribution in [0.15, 0.2) is 97.3 Å². The number of anilines is 10. The van der Waals surface area contributed by atoms with Crippen LogP contribution in [0, 0.1) is 6.92 Å². The van der Waals surface area contributed by atoms with E-state index >= 15 is 0 Å². The second-order valence-corrected chi connectivity index (χ2v) is 20.8. The molecule has 6 rings (SSSR count). The molecule has 0 unspecified atom stereocenters. The number of aliphatic hydroxyl groups excluding tert-OH is 4. The van der Waals surface area contributed by atoms with Crippen molar-refractivity contribution in [2.24, 2.45) is 0 Å². The van der Waals surface area contributed by atoms with Crippen molar-refractivity contribution in [3.63, 3.8) is 0 Å². The number of benzene rings is 4. The molecule has 31 nitrogen and oxygen atoms in total. The molecule has 4 aromatic carbocycles. The number of rotatable bonds is 29. The molecule has 422 valence electrons. The van der Waals surface area contributed by atoms with Gasteiger partial charge in [0.05, 0.1) is 81.5 Å². The quantitative estimate of drug-likeness (QED) is 0.00540. The van der Waals surface area contributed by atoms with Gasteiger partial charge in [-0.3, -0.25) is 10.1 Å². The van der Waals surface area contributed by atoms with Crippen LogP contribution in [-0.4, -0.2) is 142 Å². The third-order valence-electron chi connectivity index (χ3n) is 9.98. The van der Waals surface area contributed by atoms with Crippen molar-refractivity contribution in [2.75, 3.05) is 83.7 Å². The minimum absolute atomic E-state index is 0. The van der Waals surface area contributed by atoms with E-state index in [1.165, 1.54) is 64.4 Å². The fraction of sp³-hybridized carbons (Fsp3) is 0.238. The topological polar surface area (TPSA) is 468 Å². The molecule has 8 N–H and O–H groups in total. The largest absolute Gasteiger partial charge is 1.00 e. The molecular formula is C42H45N12Na5O19S5. The molecule has 2 heterocycles. The predicted molar refractivity (Wildman–Crippen MR) is 272 cm³/mol. The molecule has 0 spiro atoms. The van der Waals surface area contributed by atoms with Crippen LogP contribution in [0.1, 0.15) is 24.1 Å². The van der Waals surface area contributed by atoms with Crippen molar-refractivity contribution in [1.29, 1.82) is 0 Å². The molecule has 0 saturated heterocycles. The summed E-state index contributed by atoms with van der Waals surface area (Å²) in [5.41, 5.74) is 0.391. The van der Waals surface area contributed by atoms with Gasteiger partial charge >= 0.3 is 148 Å². The molecule has 0 amide bonds. The molecule has 0 radical (unpaired) electrons. The van der Waals surface area contributed by atoms with E-state index in [1.54, 1.807) is 6.92 Å². The Labute approximate surface area is 595 Å². The van der Waals surface area contributed by atoms with Crippen LogP contribution in [0.25, 0.3) is 12.2 Å². The average Bonchev–Trinajstić information content (AvgIpc) is 3.36. The summed E-state index contributed by atoms with van der Waals surface area (Å²) in [6.07, 6.45) is 2.60. The smallest absolute Gasteiger partial charge is 0.744 e. The Bertz CT molecular complexity index is 3420. The van der Waals surface area contributed by atoms with Crippen molar-refractivity contribution in [3.8, 4) is 0 Å². The molecule has 0 aliphatic rings. The van der Waals surface area contributed by atoms with Gasteiger partial charge in [-0.2, -0.15) is 38.6 Å². The number of hydrogen-bond acceptors (Lipinski definition) is 33. The molecule has 0 aliphatic heterocycles. The minimum atomic E-state index is -5.26. The number of nitrogens with zero attached hydrogens (tertiary/aromatic N) is 8. The van der Waals surface area contributed by atoms with Crippen LogP contribution < -0.4 is 189 Å². The third kappa shape index (κ3) is 24.8. The molecule has 6 aromatic rings. The Morgan fingerprint density at radius 2 is 0.940 bits per heavy atom. The Morgan fingerprint density at radius 1 is 0.506 bits per heavy atom. The van der Waals surface area contributed by atoms with Crippen molar-refractivity contribution < 1.29 is 236 Å². The minimum Gasteiger partial charge on any atom is -0.744 e. The van der Waals surface area contributed by atoms with Crippen molar-refractivity contribution in [2.45, 2.75) is 38.8 Å². The summed E-state index contributed by atoms with van der Waals surface area (Å²) >= 11 is 0.743. The summed E-state index contributed by atoms with van der Waals surface area (Å²) in [5, 5.41) is 78.5. The third-order valence-corrected chi connectivity index (χ3v) is 13.9. The molecule has 0 atom stereocenters. The first-order valence-electron chi connectivity index (χ1n) is 21.5. The maximum Gasteiger partial charge on any atom is 1.00 e. The van der Waals surface area contributed by atoms with Gasteiger partial charge in [0.2, 0.25) is 35.7 Å². The van der Waals surface area contributed by atoms with Gasteiger partial charge in [-0.1, -0.05) is 37.8 Å². The van der Waals surface area contributed by atoms with E-state index in [1.807, 2.05) is 0 Å². The molecule has 0 fully saturated rings. The normalized spacial score (nSPS) is 11.1. The zero-order valence-corrected chi connectivity index (χ0v) is 58.4. The maximum atomic E-state index is 12.8. The van der Waals surface area contributed by atoms with Gasteiger partial charge in [0.15, 0.2) is 0 Å². The Kier molecular flexibility index (Phi) is 38.1. The van der Waals surface area contributed by atoms with Gasteiger partial charge in [-0.05, 0) is 78.2 Å². The number of aliphatic hydroxyl groups is 4. The van der Waals surface area contributed by atoms with E-state index in [9.17, 15) is 69.9 Å². The molecular weight excluding hydrogens is 1250 g/mol. The molecule has 83 heavy (non-hydrogen) atoms. The van der Waals surface area contributed by atoms with Crippen LogP contribution in [0.4, 0.5) is 58.4 Å². The van der Waals surface area contributed by atoms with Gasteiger partial charge in [0, 0.05) is 42.4 Å². The predicted octanol–water partition coefficient (Wildman–Crippen LogP) is -14.1. The van der Waals surface area contributed by atoms with E-state index in [2.05, 4.69) is 69.9 Å². The SMILES string of the molecule is C.Cc1ccc(S(=O)(=O)[O-])c(Nc2nc(Nc3ccc(C=Cc4ccc(Nc5nc(Nc6cc(S(=O)(=O)[O-])ccc6SOO[O-])nc(N(CCO)CCO)n5)cc4SOO[O-])c(S(=O)(=O)[O-])c3)nc(N(CCO)CCO)n2)c1.[Na+].[Na+].[Na+].[Na+].[Na+]. The fourth-order valence-electron chi connectivity index (χ4n) is 6.70. The summed E-state index contributed by atoms with van der Waals surface area (Å²) in [7, 11) is -15.3. The van der Waals surface area contributed by atoms with E-state index in [4.69, 9.17) is 0 Å². The van der Waals surface area contributed by atoms with Crippen molar-refractivity contribution in [3.05, 3.63) is 89.5 Å². The van der Waals surface area contributed by atoms with Crippen LogP contribution in [0.5, 0.6) is 0 Å². The van der Waals surface area contributed by atoms with Crippen molar-refractivity contribution >= 4 is 125 Å². The standard InChI is InChI=1S/C41H46N12O19S5.CH4.5Na/c1-24-2-11-34(76(63,64)65)31(20-24)45-39-47-37(49-41(51-39)53(14-18-56)15-19-57)43-28-8-6-26(35(22-28)77(66,67)68)4-3-25-5-7-27(21-33(25)74-72-70-59)42-36-46-38(50-40(48-36)52(12-16-54)13-17-55)44-30-23-29(75(60,61)62)9-10-32(30)73-71-69-58;;;;;;/h2-11,20-23,54-59H,12-19H2,1H3,(H,60,61,62)(H,63,64,65)(H,66,67,68)(H2,42,44,46,48,50)(H2,43,45,47,49,51);1H4;;;;;/q;;5*+1/p-5. The number of nitrogens with one attached hydrogen (secondary N) is 4. The van der Waals surface area contributed by atoms with Crippen LogP contribution in [0.2, 0.25) is 0 Å². The van der Waals surface area contributed by atoms with Gasteiger partial charge < -0.3 is 75.7 Å². The summed E-state index contributed by atoms with van der Waals surface area (Å²) in [4.78, 5) is 26.5. The summed E-state index contributed by atoms with van der Waals surface area (Å²) < 4.78 is 119. The van der Waals surface area contributed by atoms with E-state index in [0.29, 0.717) is 29.6 Å². The maximum absolute atomic E-state index is 12.8. The van der Waals surface area contributed by atoms with Crippen molar-refractivity contribution in [1.82, 2.24) is 29.9 Å². The van der Waals surface area contributed by atoms with Gasteiger partial charge in [-0.25, -0.2) is 25.3 Å². The summed E-state index contributed by atoms with van der Waals surface area (Å²) in [5.74, 6) is -1.50. The van der Waals surface area contributed by atoms with Crippen LogP contribution in [-0.2, 0) is 49.1 Å². The Morgan fingerprint density at radius 3 is 1.40 bits per heavy atom. The van der Waals surface area contributed by atoms with Crippen LogP contribution in [0.3, 0.4) is 0 Å². The fourth-order valence-corrected chi connectivity index (χ4v) is 9.44. The second-order valence-electron chi connectivity index (χ2n) is 15.2. The van der Waals surface area contributed by atoms with E-state index < -0.39 is 71.5 Å². The van der Waals surface area contributed by atoms with Gasteiger partial charge in [0.25, 0.3) is 0 Å². The molecule has 0 bridgehead atoms. The zero-order chi connectivity index (χ0) is 55.9. The number of aryl methyl sites for hydroxylation is 1. The molecule has 0 saturated carbocycles. The van der Waals surface area contributed by atoms with Gasteiger partial charge in [0.1, 0.15) is 30.4 Å². The Hall–Kier alpha value is -1.53. The van der Waals surface area contributed by atoms with Gasteiger partial charge in [-0.15, -0.1) is 0 Å². The molecule has 0 aliphatic carbocycles. The Balaban J connectivity index is 0.0000112. The molecule has 41 heteroatoms. The first-order valence-corrected chi connectivity index (χ1v) is 27.3. The zero-order valence-electron chi connectivity index (χ0n) is 44.3. The number of hydrogen-bond donors (Lipinski definition) is 8. The monoisotopic (exact) mass is 1300 g/mol. The second kappa shape index (κ2) is 38.8. The molecule has 2 aromatic heterocycles. The van der Waals surface area contributed by atoms with E-state index in [0.717, 1.165) is 30.3 Å². The summed E-state index contributed by atoms with van der Waals surface area (Å²) in [6, 6.07) is 14.6. The summed E-state index contributed by atoms with van der Waals surface area (Å²) in [6.45, 7) is -0.450. The van der Waals surface area contributed by atoms with Crippen LogP contribution >= 0.6 is 24.1 Å².